The highest BCUT2D eigenvalue weighted by Crippen LogP contribution is 2.21. The van der Waals surface area contributed by atoms with Gasteiger partial charge in [-0.1, -0.05) is 29.8 Å². The largest absolute Gasteiger partial charge is 0.472 e. The predicted octanol–water partition coefficient (Wildman–Crippen LogP) is 3.49. The van der Waals surface area contributed by atoms with Crippen LogP contribution in [0.25, 0.3) is 0 Å². The summed E-state index contributed by atoms with van der Waals surface area (Å²) in [7, 11) is 0. The molecule has 18 heavy (non-hydrogen) atoms. The first kappa shape index (κ1) is 12.4. The zero-order chi connectivity index (χ0) is 13.0. The monoisotopic (exact) mass is 258 g/mol. The second kappa shape index (κ2) is 5.52. The van der Waals surface area contributed by atoms with Gasteiger partial charge in [-0.2, -0.15) is 5.26 Å². The number of pyridine rings is 1. The number of aryl methyl sites for hydroxylation is 1. The average molecular weight is 259 g/mol. The Kier molecular flexibility index (Phi) is 3.81. The number of hydrogen-bond acceptors (Lipinski definition) is 3. The van der Waals surface area contributed by atoms with Crippen molar-refractivity contribution in [1.82, 2.24) is 4.98 Å². The van der Waals surface area contributed by atoms with Crippen molar-refractivity contribution in [2.45, 2.75) is 13.5 Å². The molecule has 1 aromatic heterocycles. The summed E-state index contributed by atoms with van der Waals surface area (Å²) in [6.45, 7) is 2.15. The van der Waals surface area contributed by atoms with E-state index in [1.807, 2.05) is 25.1 Å². The van der Waals surface area contributed by atoms with Crippen LogP contribution in [0.4, 0.5) is 0 Å². The van der Waals surface area contributed by atoms with Crippen molar-refractivity contribution in [3.63, 3.8) is 0 Å². The van der Waals surface area contributed by atoms with Crippen LogP contribution in [0.3, 0.4) is 0 Å². The first-order valence-electron chi connectivity index (χ1n) is 5.44. The molecule has 0 saturated carbocycles. The lowest BCUT2D eigenvalue weighted by molar-refractivity contribution is 0.293. The van der Waals surface area contributed by atoms with Gasteiger partial charge in [0.15, 0.2) is 0 Å². The number of rotatable bonds is 3. The lowest BCUT2D eigenvalue weighted by Gasteiger charge is -2.09. The van der Waals surface area contributed by atoms with Crippen LogP contribution in [0.15, 0.2) is 36.5 Å². The molecule has 0 aliphatic rings. The molecule has 0 aliphatic heterocycles. The van der Waals surface area contributed by atoms with E-state index in [4.69, 9.17) is 21.6 Å². The topological polar surface area (TPSA) is 45.9 Å². The Morgan fingerprint density at radius 3 is 2.83 bits per heavy atom. The van der Waals surface area contributed by atoms with Crippen LogP contribution < -0.4 is 4.74 Å². The quantitative estimate of drug-likeness (QED) is 0.847. The molecular formula is C14H11ClN2O. The van der Waals surface area contributed by atoms with Crippen LogP contribution in [-0.2, 0) is 6.61 Å². The van der Waals surface area contributed by atoms with E-state index >= 15 is 0 Å². The molecule has 0 spiro atoms. The summed E-state index contributed by atoms with van der Waals surface area (Å²) in [6, 6.07) is 11.3. The average Bonchev–Trinajstić information content (AvgIpc) is 2.38. The molecule has 0 amide bonds. The molecule has 0 N–H and O–H groups in total. The maximum atomic E-state index is 9.05. The number of hydrogen-bond donors (Lipinski definition) is 0. The lowest BCUT2D eigenvalue weighted by Crippen LogP contribution is -2.01. The minimum atomic E-state index is 0.296. The van der Waals surface area contributed by atoms with Gasteiger partial charge in [-0.25, -0.2) is 4.98 Å². The predicted molar refractivity (Wildman–Crippen MR) is 69.5 cm³/mol. The molecule has 1 aromatic carbocycles. The van der Waals surface area contributed by atoms with Crippen LogP contribution in [0.5, 0.6) is 5.88 Å². The van der Waals surface area contributed by atoms with Crippen molar-refractivity contribution in [3.05, 3.63) is 58.2 Å². The van der Waals surface area contributed by atoms with Crippen molar-refractivity contribution in [2.24, 2.45) is 0 Å². The van der Waals surface area contributed by atoms with Gasteiger partial charge in [0.1, 0.15) is 18.2 Å². The summed E-state index contributed by atoms with van der Waals surface area (Å²) in [5.41, 5.74) is 2.18. The number of nitriles is 1. The van der Waals surface area contributed by atoms with Gasteiger partial charge in [-0.15, -0.1) is 0 Å². The fraction of sp³-hybridized carbons (Fsp3) is 0.143. The minimum absolute atomic E-state index is 0.296. The molecule has 4 heteroatoms. The number of nitrogens with zero attached hydrogens (tertiary/aromatic N) is 2. The standard InChI is InChI=1S/C14H11ClN2O/c1-10-6-7-17-14(12(10)8-16)18-9-11-4-2-3-5-13(11)15/h2-7H,9H2,1H3. The first-order chi connectivity index (χ1) is 8.72. The Hall–Kier alpha value is -2.05. The van der Waals surface area contributed by atoms with Gasteiger partial charge in [0.25, 0.3) is 0 Å². The highest BCUT2D eigenvalue weighted by atomic mass is 35.5. The third kappa shape index (κ3) is 2.61. The SMILES string of the molecule is Cc1ccnc(OCc2ccccc2Cl)c1C#N. The van der Waals surface area contributed by atoms with E-state index < -0.39 is 0 Å². The smallest absolute Gasteiger partial charge is 0.232 e. The van der Waals surface area contributed by atoms with E-state index in [2.05, 4.69) is 11.1 Å². The molecule has 0 aliphatic carbocycles. The van der Waals surface area contributed by atoms with Crippen molar-refractivity contribution in [1.29, 1.82) is 5.26 Å². The normalized spacial score (nSPS) is 9.83. The molecule has 0 bridgehead atoms. The van der Waals surface area contributed by atoms with Gasteiger partial charge < -0.3 is 4.74 Å². The Labute approximate surface area is 111 Å². The van der Waals surface area contributed by atoms with Gasteiger partial charge in [0, 0.05) is 16.8 Å². The summed E-state index contributed by atoms with van der Waals surface area (Å²) < 4.78 is 5.56. The molecule has 2 aromatic rings. The first-order valence-corrected chi connectivity index (χ1v) is 5.82. The fourth-order valence-corrected chi connectivity index (χ4v) is 1.73. The number of benzene rings is 1. The number of ether oxygens (including phenoxy) is 1. The zero-order valence-electron chi connectivity index (χ0n) is 9.85. The van der Waals surface area contributed by atoms with Crippen LogP contribution >= 0.6 is 11.6 Å². The van der Waals surface area contributed by atoms with Gasteiger partial charge in [0.2, 0.25) is 5.88 Å². The third-order valence-corrected chi connectivity index (χ3v) is 2.93. The van der Waals surface area contributed by atoms with Crippen LogP contribution in [0, 0.1) is 18.3 Å². The maximum Gasteiger partial charge on any atom is 0.232 e. The van der Waals surface area contributed by atoms with Crippen LogP contribution in [0.1, 0.15) is 16.7 Å². The van der Waals surface area contributed by atoms with E-state index in [0.717, 1.165) is 11.1 Å². The Balaban J connectivity index is 2.19. The molecule has 90 valence electrons. The van der Waals surface area contributed by atoms with E-state index in [0.29, 0.717) is 23.1 Å². The summed E-state index contributed by atoms with van der Waals surface area (Å²) in [4.78, 5) is 4.07. The molecule has 0 unspecified atom stereocenters. The van der Waals surface area contributed by atoms with Gasteiger partial charge in [-0.3, -0.25) is 0 Å². The molecule has 3 nitrogen and oxygen atoms in total. The second-order valence-corrected chi connectivity index (χ2v) is 4.21. The molecule has 0 atom stereocenters. The lowest BCUT2D eigenvalue weighted by atomic mass is 10.2. The number of aromatic nitrogens is 1. The Morgan fingerprint density at radius 1 is 1.33 bits per heavy atom. The van der Waals surface area contributed by atoms with E-state index in [1.165, 1.54) is 0 Å². The Morgan fingerprint density at radius 2 is 2.11 bits per heavy atom. The fourth-order valence-electron chi connectivity index (χ4n) is 1.54. The molecule has 2 rings (SSSR count). The van der Waals surface area contributed by atoms with E-state index in [1.54, 1.807) is 18.3 Å². The van der Waals surface area contributed by atoms with Crippen LogP contribution in [0.2, 0.25) is 5.02 Å². The third-order valence-electron chi connectivity index (χ3n) is 2.56. The summed E-state index contributed by atoms with van der Waals surface area (Å²) in [5, 5.41) is 9.70. The Bertz CT molecular complexity index is 605. The van der Waals surface area contributed by atoms with Crippen LogP contribution in [-0.4, -0.2) is 4.98 Å². The second-order valence-electron chi connectivity index (χ2n) is 3.80. The van der Waals surface area contributed by atoms with Gasteiger partial charge in [0.05, 0.1) is 0 Å². The van der Waals surface area contributed by atoms with Crippen molar-refractivity contribution >= 4 is 11.6 Å². The summed E-state index contributed by atoms with van der Waals surface area (Å²) >= 11 is 6.03. The summed E-state index contributed by atoms with van der Waals surface area (Å²) in [5.74, 6) is 0.345. The molecule has 0 radical (unpaired) electrons. The number of halogens is 1. The van der Waals surface area contributed by atoms with Crippen molar-refractivity contribution < 1.29 is 4.74 Å². The maximum absolute atomic E-state index is 9.05. The summed E-state index contributed by atoms with van der Waals surface area (Å²) in [6.07, 6.45) is 1.62. The van der Waals surface area contributed by atoms with Crippen molar-refractivity contribution in [2.75, 3.05) is 0 Å². The highest BCUT2D eigenvalue weighted by Gasteiger charge is 2.08. The molecular weight excluding hydrogens is 248 g/mol. The van der Waals surface area contributed by atoms with E-state index in [9.17, 15) is 0 Å². The van der Waals surface area contributed by atoms with Gasteiger partial charge >= 0.3 is 0 Å². The van der Waals surface area contributed by atoms with Gasteiger partial charge in [-0.05, 0) is 24.6 Å². The minimum Gasteiger partial charge on any atom is -0.472 e. The molecule has 0 fully saturated rings. The zero-order valence-corrected chi connectivity index (χ0v) is 10.6. The van der Waals surface area contributed by atoms with E-state index in [-0.39, 0.29) is 0 Å². The molecule has 0 saturated heterocycles. The van der Waals surface area contributed by atoms with Crippen molar-refractivity contribution in [3.8, 4) is 11.9 Å². The molecule has 1 heterocycles. The highest BCUT2D eigenvalue weighted by molar-refractivity contribution is 6.31.